The fraction of sp³-hybridized carbons (Fsp3) is 0.262. The smallest absolute Gasteiger partial charge is 0.277 e. The predicted molar refractivity (Wildman–Crippen MR) is 209 cm³/mol. The molecule has 0 saturated carbocycles. The standard InChI is InChI=1S/C21H25NO2.C18H14N4O2.C2H6.CH3NO2/c1-2-3-4-5-6-11-16-22-18-13-8-10-15-20(18)24-19-14-9-7-12-17(19)21(22)23;23-17(22-24)11-9-19-18(20-10-11)21-16-14-7-3-1-5-12(14)13-6-2-4-8-15(13)16;1-2;3-1-2-4/h7-10,12-15H,2-6,11,16H2,1H3;1-10,16,24H,(H,22,23)(H,19,20,21);1-2H3;1,4H,(H,2,3). The van der Waals surface area contributed by atoms with E-state index in [1.54, 1.807) is 5.48 Å². The van der Waals surface area contributed by atoms with Gasteiger partial charge in [0, 0.05) is 18.9 Å². The zero-order valence-corrected chi connectivity index (χ0v) is 30.9. The van der Waals surface area contributed by atoms with Crippen LogP contribution in [0.15, 0.2) is 109 Å². The molecule has 0 saturated heterocycles. The van der Waals surface area contributed by atoms with Gasteiger partial charge in [0.05, 0.1) is 22.9 Å². The molecule has 1 aliphatic carbocycles. The number of nitrogens with zero attached hydrogens (tertiary/aromatic N) is 3. The molecule has 282 valence electrons. The van der Waals surface area contributed by atoms with Crippen molar-refractivity contribution in [3.8, 4) is 22.6 Å². The van der Waals surface area contributed by atoms with E-state index in [0.717, 1.165) is 30.8 Å². The van der Waals surface area contributed by atoms with Crippen LogP contribution in [0.1, 0.15) is 97.2 Å². The van der Waals surface area contributed by atoms with Crippen LogP contribution in [0.3, 0.4) is 0 Å². The molecule has 54 heavy (non-hydrogen) atoms. The van der Waals surface area contributed by atoms with Crippen LogP contribution in [0.25, 0.3) is 11.1 Å². The monoisotopic (exact) mass is 732 g/mol. The van der Waals surface area contributed by atoms with Crippen molar-refractivity contribution in [2.75, 3.05) is 16.8 Å². The number of hydrogen-bond acceptors (Lipinski definition) is 9. The minimum atomic E-state index is -0.641. The van der Waals surface area contributed by atoms with E-state index in [-0.39, 0.29) is 23.9 Å². The van der Waals surface area contributed by atoms with Gasteiger partial charge in [-0.25, -0.2) is 20.9 Å². The van der Waals surface area contributed by atoms with E-state index in [1.807, 2.05) is 91.5 Å². The van der Waals surface area contributed by atoms with Crippen LogP contribution in [0.4, 0.5) is 11.6 Å². The van der Waals surface area contributed by atoms with Gasteiger partial charge in [0.25, 0.3) is 11.8 Å². The molecule has 5 N–H and O–H groups in total. The van der Waals surface area contributed by atoms with Gasteiger partial charge in [-0.05, 0) is 52.9 Å². The van der Waals surface area contributed by atoms with Crippen LogP contribution in [-0.4, -0.2) is 45.2 Å². The summed E-state index contributed by atoms with van der Waals surface area (Å²) in [7, 11) is 0. The number of unbranched alkanes of at least 4 members (excludes halogenated alkanes) is 5. The lowest BCUT2D eigenvalue weighted by molar-refractivity contribution is -0.116. The molecule has 0 spiro atoms. The minimum absolute atomic E-state index is 0.0316. The summed E-state index contributed by atoms with van der Waals surface area (Å²) < 4.78 is 6.00. The van der Waals surface area contributed by atoms with Gasteiger partial charge in [-0.15, -0.1) is 0 Å². The van der Waals surface area contributed by atoms with E-state index in [0.29, 0.717) is 17.3 Å². The quantitative estimate of drug-likeness (QED) is 0.0386. The summed E-state index contributed by atoms with van der Waals surface area (Å²) in [6.07, 6.45) is 10.2. The lowest BCUT2D eigenvalue weighted by atomic mass is 10.1. The zero-order chi connectivity index (χ0) is 38.7. The van der Waals surface area contributed by atoms with Crippen molar-refractivity contribution in [3.63, 3.8) is 0 Å². The molecule has 1 aromatic heterocycles. The van der Waals surface area contributed by atoms with Gasteiger partial charge in [0.15, 0.2) is 5.75 Å². The molecule has 2 aliphatic rings. The number of fused-ring (bicyclic) bond motifs is 5. The van der Waals surface area contributed by atoms with Gasteiger partial charge in [-0.3, -0.25) is 24.8 Å². The van der Waals surface area contributed by atoms with Crippen LogP contribution >= 0.6 is 0 Å². The molecule has 12 heteroatoms. The first kappa shape index (κ1) is 40.7. The fourth-order valence-electron chi connectivity index (χ4n) is 6.17. The third-order valence-electron chi connectivity index (χ3n) is 8.65. The van der Waals surface area contributed by atoms with E-state index < -0.39 is 5.91 Å². The lowest BCUT2D eigenvalue weighted by Gasteiger charge is -2.22. The van der Waals surface area contributed by atoms with E-state index >= 15 is 0 Å². The van der Waals surface area contributed by atoms with E-state index in [9.17, 15) is 9.59 Å². The van der Waals surface area contributed by atoms with Gasteiger partial charge < -0.3 is 15.0 Å². The molecule has 12 nitrogen and oxygen atoms in total. The Hall–Kier alpha value is -6.11. The maximum absolute atomic E-state index is 13.0. The second-order valence-corrected chi connectivity index (χ2v) is 12.0. The van der Waals surface area contributed by atoms with Crippen LogP contribution in [0.5, 0.6) is 11.5 Å². The Labute approximate surface area is 316 Å². The van der Waals surface area contributed by atoms with Crippen LogP contribution in [0, 0.1) is 0 Å². The Morgan fingerprint density at radius 2 is 1.28 bits per heavy atom. The Balaban J connectivity index is 0.000000210. The third-order valence-corrected chi connectivity index (χ3v) is 8.65. The largest absolute Gasteiger partial charge is 0.454 e. The topological polar surface area (TPSA) is 166 Å². The third kappa shape index (κ3) is 10.3. The molecule has 1 aliphatic heterocycles. The molecule has 0 unspecified atom stereocenters. The average molecular weight is 733 g/mol. The van der Waals surface area contributed by atoms with Crippen molar-refractivity contribution < 1.29 is 29.5 Å². The van der Waals surface area contributed by atoms with Crippen molar-refractivity contribution in [2.45, 2.75) is 65.3 Å². The summed E-state index contributed by atoms with van der Waals surface area (Å²) in [6.45, 7) is 6.96. The number of amides is 3. The molecule has 3 amide bonds. The molecule has 0 radical (unpaired) electrons. The number of hydroxylamine groups is 2. The van der Waals surface area contributed by atoms with Crippen molar-refractivity contribution in [3.05, 3.63) is 132 Å². The van der Waals surface area contributed by atoms with Crippen molar-refractivity contribution in [1.82, 2.24) is 20.9 Å². The second kappa shape index (κ2) is 21.4. The maximum Gasteiger partial charge on any atom is 0.277 e. The number of rotatable bonds is 11. The summed E-state index contributed by atoms with van der Waals surface area (Å²) in [6, 6.07) is 31.7. The van der Waals surface area contributed by atoms with E-state index in [4.69, 9.17) is 19.9 Å². The highest BCUT2D eigenvalue weighted by molar-refractivity contribution is 6.09. The Kier molecular flexibility index (Phi) is 16.1. The molecular weight excluding hydrogens is 684 g/mol. The average Bonchev–Trinajstić information content (AvgIpc) is 3.48. The summed E-state index contributed by atoms with van der Waals surface area (Å²) in [5.74, 6) is 1.20. The van der Waals surface area contributed by atoms with Gasteiger partial charge in [0.1, 0.15) is 5.75 Å². The number of carbonyl (C=O) groups is 3. The summed E-state index contributed by atoms with van der Waals surface area (Å²) >= 11 is 0. The first-order valence-electron chi connectivity index (χ1n) is 18.2. The molecule has 7 rings (SSSR count). The molecule has 2 heterocycles. The van der Waals surface area contributed by atoms with Crippen LogP contribution < -0.4 is 25.9 Å². The minimum Gasteiger partial charge on any atom is -0.454 e. The Bertz CT molecular complexity index is 1910. The fourth-order valence-corrected chi connectivity index (χ4v) is 6.17. The first-order valence-corrected chi connectivity index (χ1v) is 18.2. The number of hydrogen-bond donors (Lipinski definition) is 5. The van der Waals surface area contributed by atoms with Gasteiger partial charge in [-0.1, -0.05) is 126 Å². The summed E-state index contributed by atoms with van der Waals surface area (Å²) in [4.78, 5) is 43.4. The number of ether oxygens (including phenoxy) is 1. The first-order chi connectivity index (χ1) is 26.5. The molecular formula is C42H48N6O6. The number of benzene rings is 4. The van der Waals surface area contributed by atoms with E-state index in [2.05, 4.69) is 46.5 Å². The molecule has 0 fully saturated rings. The number of carbonyl (C=O) groups excluding carboxylic acids is 3. The zero-order valence-electron chi connectivity index (χ0n) is 30.9. The normalized spacial score (nSPS) is 11.8. The van der Waals surface area contributed by atoms with E-state index in [1.165, 1.54) is 65.8 Å². The lowest BCUT2D eigenvalue weighted by Crippen LogP contribution is -2.31. The number of aromatic nitrogens is 2. The van der Waals surface area contributed by atoms with Crippen LogP contribution in [0.2, 0.25) is 0 Å². The molecule has 0 bridgehead atoms. The highest BCUT2D eigenvalue weighted by atomic mass is 16.5. The predicted octanol–water partition coefficient (Wildman–Crippen LogP) is 8.72. The van der Waals surface area contributed by atoms with Gasteiger partial charge in [0.2, 0.25) is 12.4 Å². The highest BCUT2D eigenvalue weighted by Gasteiger charge is 2.29. The van der Waals surface area contributed by atoms with Gasteiger partial charge in [-0.2, -0.15) is 0 Å². The Morgan fingerprint density at radius 3 is 1.87 bits per heavy atom. The number of para-hydroxylation sites is 3. The number of nitrogens with one attached hydrogen (secondary N) is 3. The van der Waals surface area contributed by atoms with Crippen molar-refractivity contribution in [1.29, 1.82) is 0 Å². The molecule has 5 aromatic rings. The SMILES string of the molecule is CC.CCCCCCCCN1C(=O)c2ccccc2Oc2ccccc21.O=C(NO)c1cnc(NC2c3ccccc3-c3ccccc32)nc1.O=CNO. The van der Waals surface area contributed by atoms with Gasteiger partial charge >= 0.3 is 0 Å². The van der Waals surface area contributed by atoms with Crippen LogP contribution in [-0.2, 0) is 4.79 Å². The maximum atomic E-state index is 13.0. The second-order valence-electron chi connectivity index (χ2n) is 12.0. The summed E-state index contributed by atoms with van der Waals surface area (Å²) in [5, 5.41) is 19.2. The molecule has 0 atom stereocenters. The Morgan fingerprint density at radius 1 is 0.759 bits per heavy atom. The van der Waals surface area contributed by atoms with Crippen molar-refractivity contribution >= 4 is 29.9 Å². The summed E-state index contributed by atoms with van der Waals surface area (Å²) in [5.41, 5.74) is 9.23. The number of anilines is 2. The molecule has 4 aromatic carbocycles. The van der Waals surface area contributed by atoms with Crippen molar-refractivity contribution in [2.24, 2.45) is 0 Å². The highest BCUT2D eigenvalue weighted by Crippen LogP contribution is 2.44.